The zero-order chi connectivity index (χ0) is 25.8. The van der Waals surface area contributed by atoms with Crippen LogP contribution >= 0.6 is 0 Å². The molecular weight excluding hydrogens is 440 g/mol. The molecular formula is C34H36O2. The fraction of sp³-hybridized carbons (Fsp3) is 0.294. The second-order valence-electron chi connectivity index (χ2n) is 10.8. The van der Waals surface area contributed by atoms with Crippen molar-refractivity contribution in [3.05, 3.63) is 113 Å². The number of fused-ring (bicyclic) bond motifs is 2. The van der Waals surface area contributed by atoms with E-state index in [1.807, 2.05) is 12.1 Å². The first-order chi connectivity index (χ1) is 17.2. The monoisotopic (exact) mass is 476 g/mol. The van der Waals surface area contributed by atoms with Crippen molar-refractivity contribution in [1.29, 1.82) is 0 Å². The fourth-order valence-corrected chi connectivity index (χ4v) is 4.81. The van der Waals surface area contributed by atoms with Crippen molar-refractivity contribution < 1.29 is 9.47 Å². The van der Waals surface area contributed by atoms with Gasteiger partial charge in [-0.3, -0.25) is 0 Å². The largest absolute Gasteiger partial charge is 0.487 e. The highest BCUT2D eigenvalue weighted by molar-refractivity contribution is 5.62. The van der Waals surface area contributed by atoms with Crippen LogP contribution in [0, 0.1) is 25.7 Å². The van der Waals surface area contributed by atoms with Crippen LogP contribution in [-0.4, -0.2) is 11.2 Å². The lowest BCUT2D eigenvalue weighted by molar-refractivity contribution is 0.137. The van der Waals surface area contributed by atoms with Crippen LogP contribution in [0.2, 0.25) is 0 Å². The quantitative estimate of drug-likeness (QED) is 0.353. The van der Waals surface area contributed by atoms with Gasteiger partial charge in [-0.1, -0.05) is 72.8 Å². The molecule has 0 amide bonds. The van der Waals surface area contributed by atoms with Crippen LogP contribution in [0.5, 0.6) is 11.5 Å². The summed E-state index contributed by atoms with van der Waals surface area (Å²) in [6, 6.07) is 21.0. The maximum atomic E-state index is 6.10. The van der Waals surface area contributed by atoms with Crippen molar-refractivity contribution in [2.24, 2.45) is 0 Å². The molecule has 2 heterocycles. The second-order valence-corrected chi connectivity index (χ2v) is 10.8. The molecule has 2 heteroatoms. The van der Waals surface area contributed by atoms with Crippen molar-refractivity contribution in [2.45, 2.75) is 64.6 Å². The predicted octanol–water partition coefficient (Wildman–Crippen LogP) is 7.62. The molecule has 36 heavy (non-hydrogen) atoms. The number of benzene rings is 3. The Balaban J connectivity index is 0.000000211. The molecule has 2 radical (unpaired) electrons. The summed E-state index contributed by atoms with van der Waals surface area (Å²) in [5.74, 6) is 4.71. The summed E-state index contributed by atoms with van der Waals surface area (Å²) in [4.78, 5) is 0. The Morgan fingerprint density at radius 1 is 0.861 bits per heavy atom. The number of rotatable bonds is 5. The van der Waals surface area contributed by atoms with E-state index < -0.39 is 0 Å². The Morgan fingerprint density at radius 3 is 2.17 bits per heavy atom. The minimum Gasteiger partial charge on any atom is -0.487 e. The van der Waals surface area contributed by atoms with Gasteiger partial charge < -0.3 is 9.47 Å². The van der Waals surface area contributed by atoms with Gasteiger partial charge in [0.1, 0.15) is 22.7 Å². The SMILES string of the molecule is C#CCc1cccc(C[CH]/C=C/c2cccc3c2OC(C)(C)C3)c1.[CH2]c1cccc2c1OC(C)(C)C2. The van der Waals surface area contributed by atoms with Gasteiger partial charge in [0.2, 0.25) is 0 Å². The smallest absolute Gasteiger partial charge is 0.130 e. The molecule has 0 bridgehead atoms. The molecule has 3 aromatic carbocycles. The molecule has 0 N–H and O–H groups in total. The summed E-state index contributed by atoms with van der Waals surface area (Å²) < 4.78 is 11.9. The highest BCUT2D eigenvalue weighted by Crippen LogP contribution is 2.38. The number of para-hydroxylation sites is 2. The third-order valence-electron chi connectivity index (χ3n) is 6.36. The minimum absolute atomic E-state index is 0.0455. The molecule has 2 nitrogen and oxygen atoms in total. The van der Waals surface area contributed by atoms with Crippen LogP contribution in [0.25, 0.3) is 6.08 Å². The highest BCUT2D eigenvalue weighted by Gasteiger charge is 2.31. The van der Waals surface area contributed by atoms with Crippen LogP contribution in [0.3, 0.4) is 0 Å². The molecule has 184 valence electrons. The Bertz CT molecular complexity index is 1290. The summed E-state index contributed by atoms with van der Waals surface area (Å²) in [6.07, 6.45) is 15.3. The maximum Gasteiger partial charge on any atom is 0.130 e. The lowest BCUT2D eigenvalue weighted by atomic mass is 10.00. The lowest BCUT2D eigenvalue weighted by Crippen LogP contribution is -2.24. The van der Waals surface area contributed by atoms with E-state index in [2.05, 4.69) is 108 Å². The standard InChI is InChI=1S/C23H23O.C11H13O/c1-4-9-18-11-7-12-19(16-18)10-5-6-13-20-14-8-15-21-17-23(2,3)24-22(20)21;1-8-5-4-6-9-7-11(2,3)12-10(8)9/h1,5-8,11-16H,9-10,17H2,2-3H3;4-6H,1,7H2,2-3H3/b13-6+;. The average Bonchev–Trinajstić information content (AvgIpc) is 3.32. The van der Waals surface area contributed by atoms with E-state index in [0.29, 0.717) is 6.42 Å². The molecule has 0 aromatic heterocycles. The maximum absolute atomic E-state index is 6.10. The number of hydrogen-bond acceptors (Lipinski definition) is 2. The minimum atomic E-state index is -0.104. The van der Waals surface area contributed by atoms with Gasteiger partial charge in [-0.05, 0) is 75.3 Å². The lowest BCUT2D eigenvalue weighted by Gasteiger charge is -2.17. The number of hydrogen-bond donors (Lipinski definition) is 0. The van der Waals surface area contributed by atoms with Crippen molar-refractivity contribution in [3.8, 4) is 23.8 Å². The summed E-state index contributed by atoms with van der Waals surface area (Å²) in [7, 11) is 0. The van der Waals surface area contributed by atoms with E-state index in [0.717, 1.165) is 41.9 Å². The third kappa shape index (κ3) is 6.41. The molecule has 0 spiro atoms. The Hall–Kier alpha value is -3.44. The van der Waals surface area contributed by atoms with E-state index in [1.165, 1.54) is 22.3 Å². The molecule has 5 rings (SSSR count). The molecule has 0 atom stereocenters. The topological polar surface area (TPSA) is 18.5 Å². The van der Waals surface area contributed by atoms with Gasteiger partial charge in [-0.25, -0.2) is 0 Å². The van der Waals surface area contributed by atoms with Gasteiger partial charge in [0.15, 0.2) is 0 Å². The number of allylic oxidation sites excluding steroid dienone is 1. The van der Waals surface area contributed by atoms with Gasteiger partial charge in [0.25, 0.3) is 0 Å². The first-order valence-corrected chi connectivity index (χ1v) is 12.6. The molecule has 0 unspecified atom stereocenters. The Labute approximate surface area is 217 Å². The molecule has 3 aromatic rings. The molecule has 2 aliphatic rings. The molecule has 0 aliphatic carbocycles. The first kappa shape index (κ1) is 25.6. The molecule has 0 fully saturated rings. The van der Waals surface area contributed by atoms with Gasteiger partial charge >= 0.3 is 0 Å². The first-order valence-electron chi connectivity index (χ1n) is 12.6. The Kier molecular flexibility index (Phi) is 7.60. The zero-order valence-corrected chi connectivity index (χ0v) is 21.9. The van der Waals surface area contributed by atoms with Crippen molar-refractivity contribution in [1.82, 2.24) is 0 Å². The van der Waals surface area contributed by atoms with Crippen LogP contribution in [-0.2, 0) is 25.7 Å². The molecule has 0 saturated carbocycles. The predicted molar refractivity (Wildman–Crippen MR) is 150 cm³/mol. The molecule has 2 aliphatic heterocycles. The van der Waals surface area contributed by atoms with Crippen LogP contribution in [0.15, 0.2) is 66.7 Å². The van der Waals surface area contributed by atoms with Crippen LogP contribution in [0.1, 0.15) is 61.1 Å². The van der Waals surface area contributed by atoms with Crippen molar-refractivity contribution >= 4 is 6.08 Å². The summed E-state index contributed by atoms with van der Waals surface area (Å²) in [6.45, 7) is 12.4. The van der Waals surface area contributed by atoms with E-state index in [4.69, 9.17) is 15.9 Å². The van der Waals surface area contributed by atoms with Gasteiger partial charge in [0.05, 0.1) is 0 Å². The van der Waals surface area contributed by atoms with E-state index in [-0.39, 0.29) is 11.2 Å². The summed E-state index contributed by atoms with van der Waals surface area (Å²) in [5, 5.41) is 0. The van der Waals surface area contributed by atoms with E-state index >= 15 is 0 Å². The number of terminal acetylenes is 1. The average molecular weight is 477 g/mol. The normalized spacial score (nSPS) is 16.2. The molecule has 0 saturated heterocycles. The van der Waals surface area contributed by atoms with E-state index in [9.17, 15) is 0 Å². The van der Waals surface area contributed by atoms with Gasteiger partial charge in [-0.15, -0.1) is 12.3 Å². The fourth-order valence-electron chi connectivity index (χ4n) is 4.81. The Morgan fingerprint density at radius 2 is 1.47 bits per heavy atom. The van der Waals surface area contributed by atoms with Gasteiger partial charge in [0, 0.05) is 24.8 Å². The zero-order valence-electron chi connectivity index (χ0n) is 21.9. The highest BCUT2D eigenvalue weighted by atomic mass is 16.5. The summed E-state index contributed by atoms with van der Waals surface area (Å²) in [5.41, 5.74) is 7.06. The third-order valence-corrected chi connectivity index (χ3v) is 6.36. The number of ether oxygens (including phenoxy) is 2. The summed E-state index contributed by atoms with van der Waals surface area (Å²) >= 11 is 0. The van der Waals surface area contributed by atoms with Crippen molar-refractivity contribution in [2.75, 3.05) is 0 Å². The second kappa shape index (κ2) is 10.7. The van der Waals surface area contributed by atoms with Crippen LogP contribution in [0.4, 0.5) is 0 Å². The van der Waals surface area contributed by atoms with Gasteiger partial charge in [-0.2, -0.15) is 0 Å². The van der Waals surface area contributed by atoms with Crippen molar-refractivity contribution in [3.63, 3.8) is 0 Å². The van der Waals surface area contributed by atoms with E-state index in [1.54, 1.807) is 0 Å². The van der Waals surface area contributed by atoms with Crippen LogP contribution < -0.4 is 9.47 Å².